The van der Waals surface area contributed by atoms with E-state index in [1.165, 1.54) is 0 Å². The van der Waals surface area contributed by atoms with Gasteiger partial charge in [-0.1, -0.05) is 13.8 Å². The molecule has 0 atom stereocenters. The molecular weight excluding hydrogens is 286 g/mol. The van der Waals surface area contributed by atoms with Crippen LogP contribution in [-0.4, -0.2) is 26.2 Å². The minimum atomic E-state index is -0.193. The Labute approximate surface area is 110 Å². The van der Waals surface area contributed by atoms with Gasteiger partial charge in [0.25, 0.3) is 5.91 Å². The van der Waals surface area contributed by atoms with Gasteiger partial charge in [0.05, 0.1) is 0 Å². The number of furan rings is 1. The molecule has 17 heavy (non-hydrogen) atoms. The predicted octanol–water partition coefficient (Wildman–Crippen LogP) is 2.83. The first-order chi connectivity index (χ1) is 7.94. The third kappa shape index (κ3) is 4.91. The van der Waals surface area contributed by atoms with Crippen LogP contribution in [0.5, 0.6) is 0 Å². The molecule has 0 aliphatic carbocycles. The highest BCUT2D eigenvalue weighted by atomic mass is 79.9. The third-order valence-corrected chi connectivity index (χ3v) is 2.93. The molecule has 0 saturated heterocycles. The zero-order valence-corrected chi connectivity index (χ0v) is 12.0. The van der Waals surface area contributed by atoms with Gasteiger partial charge in [-0.25, -0.2) is 0 Å². The summed E-state index contributed by atoms with van der Waals surface area (Å²) in [4.78, 5) is 11.7. The minimum absolute atomic E-state index is 0.00942. The zero-order chi connectivity index (χ0) is 12.9. The molecule has 0 aromatic carbocycles. The van der Waals surface area contributed by atoms with Crippen molar-refractivity contribution in [1.29, 1.82) is 0 Å². The number of carbonyl (C=O) groups is 1. The van der Waals surface area contributed by atoms with E-state index in [2.05, 4.69) is 35.1 Å². The summed E-state index contributed by atoms with van der Waals surface area (Å²) in [6.07, 6.45) is 0.894. The van der Waals surface area contributed by atoms with Crippen molar-refractivity contribution in [2.45, 2.75) is 20.3 Å². The monoisotopic (exact) mass is 303 g/mol. The second-order valence-corrected chi connectivity index (χ2v) is 5.48. The zero-order valence-electron chi connectivity index (χ0n) is 10.4. The minimum Gasteiger partial charge on any atom is -0.444 e. The molecule has 5 heteroatoms. The highest BCUT2D eigenvalue weighted by molar-refractivity contribution is 9.10. The molecule has 0 aliphatic rings. The first-order valence-electron chi connectivity index (χ1n) is 5.47. The quantitative estimate of drug-likeness (QED) is 0.879. The number of halogens is 1. The summed E-state index contributed by atoms with van der Waals surface area (Å²) >= 11 is 3.16. The number of amides is 1. The van der Waals surface area contributed by atoms with Crippen molar-refractivity contribution in [3.63, 3.8) is 0 Å². The van der Waals surface area contributed by atoms with Crippen molar-refractivity contribution in [1.82, 2.24) is 5.32 Å². The summed E-state index contributed by atoms with van der Waals surface area (Å²) in [6, 6.07) is 3.34. The number of hydrogen-bond donors (Lipinski definition) is 1. The fourth-order valence-electron chi connectivity index (χ4n) is 1.31. The lowest BCUT2D eigenvalue weighted by molar-refractivity contribution is 0.0892. The summed E-state index contributed by atoms with van der Waals surface area (Å²) in [5.41, 5.74) is 0.00942. The molecule has 1 heterocycles. The molecular formula is C12H18BrNO3. The maximum Gasteiger partial charge on any atom is 0.287 e. The van der Waals surface area contributed by atoms with Gasteiger partial charge in [0.2, 0.25) is 0 Å². The molecule has 0 saturated carbocycles. The molecule has 1 amide bonds. The molecule has 1 aromatic heterocycles. The Kier molecular flexibility index (Phi) is 5.21. The van der Waals surface area contributed by atoms with Crippen LogP contribution in [0.4, 0.5) is 0 Å². The lowest BCUT2D eigenvalue weighted by atomic mass is 9.90. The molecule has 0 radical (unpaired) electrons. The second kappa shape index (κ2) is 6.21. The second-order valence-electron chi connectivity index (χ2n) is 4.69. The first kappa shape index (κ1) is 14.3. The van der Waals surface area contributed by atoms with E-state index >= 15 is 0 Å². The lowest BCUT2D eigenvalue weighted by Crippen LogP contribution is -2.34. The molecule has 4 nitrogen and oxygen atoms in total. The summed E-state index contributed by atoms with van der Waals surface area (Å²) in [6.45, 7) is 5.46. The average Bonchev–Trinajstić information content (AvgIpc) is 2.70. The van der Waals surface area contributed by atoms with E-state index in [0.717, 1.165) is 6.42 Å². The van der Waals surface area contributed by atoms with E-state index in [4.69, 9.17) is 9.15 Å². The molecule has 1 aromatic rings. The number of nitrogens with one attached hydrogen (secondary N) is 1. The Morgan fingerprint density at radius 2 is 2.24 bits per heavy atom. The first-order valence-corrected chi connectivity index (χ1v) is 6.26. The van der Waals surface area contributed by atoms with E-state index in [9.17, 15) is 4.79 Å². The number of methoxy groups -OCH3 is 1. The molecule has 0 aliphatic heterocycles. The van der Waals surface area contributed by atoms with Gasteiger partial charge in [0, 0.05) is 20.3 Å². The normalized spacial score (nSPS) is 11.5. The maximum absolute atomic E-state index is 11.7. The maximum atomic E-state index is 11.7. The van der Waals surface area contributed by atoms with Crippen molar-refractivity contribution in [3.8, 4) is 0 Å². The van der Waals surface area contributed by atoms with Gasteiger partial charge in [-0.3, -0.25) is 4.79 Å². The van der Waals surface area contributed by atoms with Crippen LogP contribution in [-0.2, 0) is 4.74 Å². The van der Waals surface area contributed by atoms with Crippen LogP contribution >= 0.6 is 15.9 Å². The summed E-state index contributed by atoms with van der Waals surface area (Å²) < 4.78 is 10.8. The molecule has 0 bridgehead atoms. The number of carbonyl (C=O) groups excluding carboxylic acids is 1. The van der Waals surface area contributed by atoms with Crippen molar-refractivity contribution >= 4 is 21.8 Å². The topological polar surface area (TPSA) is 51.5 Å². The molecule has 0 fully saturated rings. The van der Waals surface area contributed by atoms with Gasteiger partial charge in [-0.2, -0.15) is 0 Å². The van der Waals surface area contributed by atoms with Crippen LogP contribution in [0.1, 0.15) is 30.8 Å². The fraction of sp³-hybridized carbons (Fsp3) is 0.583. The molecule has 0 spiro atoms. The van der Waals surface area contributed by atoms with Gasteiger partial charge in [-0.05, 0) is 39.9 Å². The molecule has 1 N–H and O–H groups in total. The lowest BCUT2D eigenvalue weighted by Gasteiger charge is -2.24. The predicted molar refractivity (Wildman–Crippen MR) is 69.0 cm³/mol. The van der Waals surface area contributed by atoms with E-state index < -0.39 is 0 Å². The highest BCUT2D eigenvalue weighted by Crippen LogP contribution is 2.19. The summed E-state index contributed by atoms with van der Waals surface area (Å²) in [5, 5.41) is 2.85. The standard InChI is InChI=1S/C12H18BrNO3/c1-12(2,6-7-16-3)8-14-11(15)9-4-5-10(13)17-9/h4-5H,6-8H2,1-3H3,(H,14,15). The molecule has 96 valence electrons. The SMILES string of the molecule is COCCC(C)(C)CNC(=O)c1ccc(Br)o1. The highest BCUT2D eigenvalue weighted by Gasteiger charge is 2.19. The van der Waals surface area contributed by atoms with Crippen LogP contribution in [0.15, 0.2) is 21.2 Å². The average molecular weight is 304 g/mol. The van der Waals surface area contributed by atoms with Gasteiger partial charge < -0.3 is 14.5 Å². The van der Waals surface area contributed by atoms with Crippen LogP contribution in [0.2, 0.25) is 0 Å². The van der Waals surface area contributed by atoms with Crippen molar-refractivity contribution in [2.75, 3.05) is 20.3 Å². The summed E-state index contributed by atoms with van der Waals surface area (Å²) in [7, 11) is 1.68. The Hall–Kier alpha value is -0.810. The van der Waals surface area contributed by atoms with Crippen LogP contribution in [0.3, 0.4) is 0 Å². The van der Waals surface area contributed by atoms with E-state index in [-0.39, 0.29) is 11.3 Å². The van der Waals surface area contributed by atoms with Gasteiger partial charge in [0.15, 0.2) is 10.4 Å². The van der Waals surface area contributed by atoms with Crippen LogP contribution in [0.25, 0.3) is 0 Å². The smallest absolute Gasteiger partial charge is 0.287 e. The molecule has 0 unspecified atom stereocenters. The van der Waals surface area contributed by atoms with Crippen LogP contribution in [0, 0.1) is 5.41 Å². The van der Waals surface area contributed by atoms with Crippen molar-refractivity contribution in [3.05, 3.63) is 22.6 Å². The van der Waals surface area contributed by atoms with E-state index in [0.29, 0.717) is 23.6 Å². The number of hydrogen-bond acceptors (Lipinski definition) is 3. The van der Waals surface area contributed by atoms with Crippen LogP contribution < -0.4 is 5.32 Å². The fourth-order valence-corrected chi connectivity index (χ4v) is 1.62. The van der Waals surface area contributed by atoms with Gasteiger partial charge >= 0.3 is 0 Å². The Morgan fingerprint density at radius 3 is 2.76 bits per heavy atom. The Bertz CT molecular complexity index is 374. The summed E-state index contributed by atoms with van der Waals surface area (Å²) in [5.74, 6) is 0.126. The number of rotatable bonds is 6. The third-order valence-electron chi connectivity index (χ3n) is 2.51. The Balaban J connectivity index is 2.42. The van der Waals surface area contributed by atoms with E-state index in [1.54, 1.807) is 19.2 Å². The van der Waals surface area contributed by atoms with Gasteiger partial charge in [0.1, 0.15) is 0 Å². The van der Waals surface area contributed by atoms with Crippen molar-refractivity contribution in [2.24, 2.45) is 5.41 Å². The largest absolute Gasteiger partial charge is 0.444 e. The molecule has 1 rings (SSSR count). The number of ether oxygens (including phenoxy) is 1. The Morgan fingerprint density at radius 1 is 1.53 bits per heavy atom. The van der Waals surface area contributed by atoms with E-state index in [1.807, 2.05) is 0 Å². The van der Waals surface area contributed by atoms with Crippen molar-refractivity contribution < 1.29 is 13.9 Å². The van der Waals surface area contributed by atoms with Gasteiger partial charge in [-0.15, -0.1) is 0 Å².